The quantitative estimate of drug-likeness (QED) is 0.621. The molecule has 0 atom stereocenters. The molecule has 3 N–H and O–H groups in total. The molecule has 0 radical (unpaired) electrons. The van der Waals surface area contributed by atoms with E-state index in [9.17, 15) is 9.59 Å². The fourth-order valence-corrected chi connectivity index (χ4v) is 5.32. The summed E-state index contributed by atoms with van der Waals surface area (Å²) in [6.45, 7) is 10.2. The maximum atomic E-state index is 13.1. The van der Waals surface area contributed by atoms with Gasteiger partial charge in [0.1, 0.15) is 38.3 Å². The molecule has 6 nitrogen and oxygen atoms in total. The minimum absolute atomic E-state index is 0.0296. The number of carbonyl (C=O) groups is 2. The van der Waals surface area contributed by atoms with E-state index < -0.39 is 5.54 Å². The van der Waals surface area contributed by atoms with Gasteiger partial charge in [0.2, 0.25) is 0 Å². The van der Waals surface area contributed by atoms with Crippen LogP contribution >= 0.6 is 0 Å². The average molecular weight is 415 g/mol. The van der Waals surface area contributed by atoms with Gasteiger partial charge in [0, 0.05) is 5.56 Å². The van der Waals surface area contributed by atoms with Crippen molar-refractivity contribution in [3.8, 4) is 0 Å². The van der Waals surface area contributed by atoms with Crippen LogP contribution in [-0.2, 0) is 11.3 Å². The second-order valence-electron chi connectivity index (χ2n) is 9.89. The molecule has 2 saturated heterocycles. The summed E-state index contributed by atoms with van der Waals surface area (Å²) >= 11 is 0. The third kappa shape index (κ3) is 4.54. The summed E-state index contributed by atoms with van der Waals surface area (Å²) in [5.41, 5.74) is 2.17. The Balaban J connectivity index is 1.28. The first-order chi connectivity index (χ1) is 14.5. The van der Waals surface area contributed by atoms with Crippen molar-refractivity contribution in [2.24, 2.45) is 0 Å². The van der Waals surface area contributed by atoms with E-state index in [2.05, 4.69) is 43.4 Å². The molecule has 1 aromatic carbocycles. The van der Waals surface area contributed by atoms with Gasteiger partial charge in [0.15, 0.2) is 6.67 Å². The molecule has 0 unspecified atom stereocenters. The Hall–Kier alpha value is -1.92. The molecule has 3 aliphatic rings. The number of amides is 3. The largest absolute Gasteiger partial charge is 0.329 e. The van der Waals surface area contributed by atoms with Crippen LogP contribution < -0.4 is 15.1 Å². The van der Waals surface area contributed by atoms with Crippen molar-refractivity contribution in [2.75, 3.05) is 32.8 Å². The van der Waals surface area contributed by atoms with E-state index >= 15 is 0 Å². The average Bonchev–Trinajstić information content (AvgIpc) is 2.90. The van der Waals surface area contributed by atoms with Gasteiger partial charge < -0.3 is 15.1 Å². The molecule has 3 amide bonds. The Morgan fingerprint density at radius 2 is 1.53 bits per heavy atom. The van der Waals surface area contributed by atoms with Crippen molar-refractivity contribution >= 4 is 11.9 Å². The number of benzene rings is 1. The standard InChI is InChI=1S/C24H36N4O2/c1-19(2)21-9-7-20(8-10-21)17-26-13-15-27(16-14-26)18-28-22(29)24(25-23(28)30)11-5-3-4-6-12-24/h7-10,19H,3-6,11-18H2,1-2H3,(H,25,30)/p+2. The highest BCUT2D eigenvalue weighted by Gasteiger charge is 2.51. The molecule has 0 bridgehead atoms. The Labute approximate surface area is 180 Å². The van der Waals surface area contributed by atoms with E-state index in [-0.39, 0.29) is 11.9 Å². The predicted molar refractivity (Wildman–Crippen MR) is 116 cm³/mol. The molecule has 164 valence electrons. The minimum Gasteiger partial charge on any atom is -0.323 e. The van der Waals surface area contributed by atoms with E-state index in [1.54, 1.807) is 4.90 Å². The number of piperazine rings is 1. The van der Waals surface area contributed by atoms with Crippen molar-refractivity contribution in [1.29, 1.82) is 0 Å². The Bertz CT molecular complexity index is 745. The molecule has 2 aliphatic heterocycles. The Morgan fingerprint density at radius 1 is 0.933 bits per heavy atom. The van der Waals surface area contributed by atoms with Crippen LogP contribution in [0.2, 0.25) is 0 Å². The fourth-order valence-electron chi connectivity index (χ4n) is 5.32. The van der Waals surface area contributed by atoms with Gasteiger partial charge in [-0.2, -0.15) is 0 Å². The minimum atomic E-state index is -0.609. The Kier molecular flexibility index (Phi) is 6.44. The van der Waals surface area contributed by atoms with Crippen LogP contribution in [0.5, 0.6) is 0 Å². The van der Waals surface area contributed by atoms with Crippen molar-refractivity contribution in [1.82, 2.24) is 10.2 Å². The van der Waals surface area contributed by atoms with Crippen LogP contribution in [0.1, 0.15) is 69.4 Å². The van der Waals surface area contributed by atoms with E-state index in [0.717, 1.165) is 58.4 Å². The van der Waals surface area contributed by atoms with Crippen molar-refractivity contribution in [3.05, 3.63) is 35.4 Å². The molecule has 3 fully saturated rings. The Morgan fingerprint density at radius 3 is 2.13 bits per heavy atom. The van der Waals surface area contributed by atoms with Crippen molar-refractivity contribution in [3.63, 3.8) is 0 Å². The highest BCUT2D eigenvalue weighted by atomic mass is 16.2. The van der Waals surface area contributed by atoms with Gasteiger partial charge in [0.05, 0.1) is 0 Å². The van der Waals surface area contributed by atoms with E-state index in [1.165, 1.54) is 33.8 Å². The second kappa shape index (κ2) is 9.06. The molecule has 1 saturated carbocycles. The summed E-state index contributed by atoms with van der Waals surface area (Å²) in [5, 5.41) is 3.07. The highest BCUT2D eigenvalue weighted by molar-refractivity contribution is 6.06. The molecule has 1 aromatic rings. The number of quaternary nitrogens is 2. The van der Waals surface area contributed by atoms with Gasteiger partial charge >= 0.3 is 6.03 Å². The first-order valence-electron chi connectivity index (χ1n) is 11.9. The SMILES string of the molecule is CC(C)c1ccc(C[NH+]2CC[NH+](CN3C(=O)NC4(CCCCCC4)C3=O)CC2)cc1. The van der Waals surface area contributed by atoms with Crippen LogP contribution in [-0.4, -0.2) is 55.2 Å². The lowest BCUT2D eigenvalue weighted by atomic mass is 9.90. The summed E-state index contributed by atoms with van der Waals surface area (Å²) in [7, 11) is 0. The number of nitrogens with one attached hydrogen (secondary N) is 3. The number of nitrogens with zero attached hydrogens (tertiary/aromatic N) is 1. The van der Waals surface area contributed by atoms with Gasteiger partial charge in [-0.05, 0) is 24.3 Å². The number of urea groups is 1. The predicted octanol–water partition coefficient (Wildman–Crippen LogP) is 0.696. The maximum Gasteiger partial charge on any atom is 0.329 e. The fraction of sp³-hybridized carbons (Fsp3) is 0.667. The normalized spacial score (nSPS) is 26.8. The lowest BCUT2D eigenvalue weighted by Crippen LogP contribution is -3.28. The molecular weight excluding hydrogens is 376 g/mol. The van der Waals surface area contributed by atoms with E-state index in [4.69, 9.17) is 0 Å². The number of imide groups is 1. The van der Waals surface area contributed by atoms with Gasteiger partial charge in [-0.25, -0.2) is 9.69 Å². The zero-order valence-corrected chi connectivity index (χ0v) is 18.6. The third-order valence-electron chi connectivity index (χ3n) is 7.35. The molecule has 1 spiro atoms. The highest BCUT2D eigenvalue weighted by Crippen LogP contribution is 2.32. The molecule has 4 rings (SSSR count). The third-order valence-corrected chi connectivity index (χ3v) is 7.35. The molecule has 0 aromatic heterocycles. The maximum absolute atomic E-state index is 13.1. The number of hydrogen-bond acceptors (Lipinski definition) is 2. The van der Waals surface area contributed by atoms with Crippen LogP contribution in [0.4, 0.5) is 4.79 Å². The zero-order chi connectivity index (χ0) is 21.1. The molecule has 6 heteroatoms. The lowest BCUT2D eigenvalue weighted by molar-refractivity contribution is -1.02. The first-order valence-corrected chi connectivity index (χ1v) is 11.9. The van der Waals surface area contributed by atoms with E-state index in [0.29, 0.717) is 12.6 Å². The summed E-state index contributed by atoms with van der Waals surface area (Å²) < 4.78 is 0. The van der Waals surface area contributed by atoms with E-state index in [1.807, 2.05) is 0 Å². The lowest BCUT2D eigenvalue weighted by Gasteiger charge is -2.31. The molecule has 30 heavy (non-hydrogen) atoms. The summed E-state index contributed by atoms with van der Waals surface area (Å²) in [6.07, 6.45) is 6.01. The van der Waals surface area contributed by atoms with Crippen LogP contribution in [0, 0.1) is 0 Å². The topological polar surface area (TPSA) is 58.3 Å². The van der Waals surface area contributed by atoms with Crippen LogP contribution in [0.25, 0.3) is 0 Å². The van der Waals surface area contributed by atoms with Crippen LogP contribution in [0.15, 0.2) is 24.3 Å². The number of carbonyl (C=O) groups excluding carboxylic acids is 2. The summed E-state index contributed by atoms with van der Waals surface area (Å²) in [6, 6.07) is 8.86. The molecule has 2 heterocycles. The van der Waals surface area contributed by atoms with Gasteiger partial charge in [-0.15, -0.1) is 0 Å². The second-order valence-corrected chi connectivity index (χ2v) is 9.89. The van der Waals surface area contributed by atoms with Crippen molar-refractivity contribution in [2.45, 2.75) is 70.4 Å². The van der Waals surface area contributed by atoms with Crippen molar-refractivity contribution < 1.29 is 19.4 Å². The monoisotopic (exact) mass is 414 g/mol. The molecule has 1 aliphatic carbocycles. The van der Waals surface area contributed by atoms with Gasteiger partial charge in [0.25, 0.3) is 5.91 Å². The van der Waals surface area contributed by atoms with Gasteiger partial charge in [-0.1, -0.05) is 63.8 Å². The summed E-state index contributed by atoms with van der Waals surface area (Å²) in [4.78, 5) is 30.2. The zero-order valence-electron chi connectivity index (χ0n) is 18.6. The van der Waals surface area contributed by atoms with Gasteiger partial charge in [-0.3, -0.25) is 4.79 Å². The summed E-state index contributed by atoms with van der Waals surface area (Å²) in [5.74, 6) is 0.600. The first kappa shape index (κ1) is 21.3. The number of rotatable bonds is 5. The number of hydrogen-bond donors (Lipinski definition) is 3. The molecular formula is C24H38N4O2+2. The smallest absolute Gasteiger partial charge is 0.323 e. The van der Waals surface area contributed by atoms with Crippen LogP contribution in [0.3, 0.4) is 0 Å².